The lowest BCUT2D eigenvalue weighted by Crippen LogP contribution is -2.29. The van der Waals surface area contributed by atoms with Gasteiger partial charge in [-0.05, 0) is 43.4 Å². The molecule has 1 aliphatic heterocycles. The summed E-state index contributed by atoms with van der Waals surface area (Å²) in [4.78, 5) is 25.1. The average molecular weight is 336 g/mol. The quantitative estimate of drug-likeness (QED) is 0.672. The van der Waals surface area contributed by atoms with E-state index in [1.54, 1.807) is 16.8 Å². The van der Waals surface area contributed by atoms with Crippen LogP contribution in [0.5, 0.6) is 0 Å². The standard InChI is InChI=1S/C19H20N4O2/c1-2-13-6-8-14(9-7-13)22-19(25)15(11-20)18(24)16-12-21-23-10-4-3-5-17(16)23/h6-9,12,15H,2-5,10H2,1H3,(H,22,25). The first-order valence-corrected chi connectivity index (χ1v) is 8.52. The van der Waals surface area contributed by atoms with Crippen molar-refractivity contribution in [1.82, 2.24) is 9.78 Å². The first-order valence-electron chi connectivity index (χ1n) is 8.52. The molecule has 0 fully saturated rings. The van der Waals surface area contributed by atoms with Gasteiger partial charge in [0.15, 0.2) is 11.7 Å². The highest BCUT2D eigenvalue weighted by molar-refractivity contribution is 6.15. The maximum Gasteiger partial charge on any atom is 0.249 e. The first kappa shape index (κ1) is 16.9. The van der Waals surface area contributed by atoms with Gasteiger partial charge >= 0.3 is 0 Å². The van der Waals surface area contributed by atoms with Crippen molar-refractivity contribution in [1.29, 1.82) is 5.26 Å². The highest BCUT2D eigenvalue weighted by Crippen LogP contribution is 2.21. The van der Waals surface area contributed by atoms with Gasteiger partial charge in [0.2, 0.25) is 5.91 Å². The van der Waals surface area contributed by atoms with Crippen molar-refractivity contribution in [2.45, 2.75) is 39.2 Å². The second-order valence-electron chi connectivity index (χ2n) is 6.15. The van der Waals surface area contributed by atoms with Gasteiger partial charge in [-0.1, -0.05) is 19.1 Å². The average Bonchev–Trinajstić information content (AvgIpc) is 3.07. The van der Waals surface area contributed by atoms with Gasteiger partial charge in [-0.2, -0.15) is 10.4 Å². The molecule has 6 nitrogen and oxygen atoms in total. The summed E-state index contributed by atoms with van der Waals surface area (Å²) in [5.41, 5.74) is 2.95. The molecule has 1 N–H and O–H groups in total. The Balaban J connectivity index is 1.76. The molecule has 128 valence electrons. The van der Waals surface area contributed by atoms with E-state index in [4.69, 9.17) is 0 Å². The number of carbonyl (C=O) groups is 2. The molecule has 1 amide bonds. The minimum atomic E-state index is -1.37. The molecule has 0 saturated carbocycles. The molecule has 1 aromatic heterocycles. The number of amides is 1. The third-order valence-electron chi connectivity index (χ3n) is 4.53. The Kier molecular flexibility index (Phi) is 4.94. The van der Waals surface area contributed by atoms with Crippen molar-refractivity contribution in [3.8, 4) is 6.07 Å². The van der Waals surface area contributed by atoms with Crippen LogP contribution in [-0.2, 0) is 24.2 Å². The topological polar surface area (TPSA) is 87.8 Å². The van der Waals surface area contributed by atoms with Crippen molar-refractivity contribution in [3.63, 3.8) is 0 Å². The third kappa shape index (κ3) is 3.45. The number of aromatic nitrogens is 2. The van der Waals surface area contributed by atoms with Crippen molar-refractivity contribution in [2.75, 3.05) is 5.32 Å². The second kappa shape index (κ2) is 7.31. The van der Waals surface area contributed by atoms with E-state index in [-0.39, 0.29) is 0 Å². The van der Waals surface area contributed by atoms with E-state index < -0.39 is 17.6 Å². The Bertz CT molecular complexity index is 830. The molecular formula is C19H20N4O2. The van der Waals surface area contributed by atoms with Gasteiger partial charge in [0.05, 0.1) is 17.8 Å². The number of hydrogen-bond acceptors (Lipinski definition) is 4. The van der Waals surface area contributed by atoms with Crippen molar-refractivity contribution in [2.24, 2.45) is 5.92 Å². The number of rotatable bonds is 5. The summed E-state index contributed by atoms with van der Waals surface area (Å²) in [6, 6.07) is 9.21. The number of carbonyl (C=O) groups excluding carboxylic acids is 2. The van der Waals surface area contributed by atoms with Gasteiger partial charge in [-0.15, -0.1) is 0 Å². The van der Waals surface area contributed by atoms with Crippen molar-refractivity contribution >= 4 is 17.4 Å². The van der Waals surface area contributed by atoms with Crippen LogP contribution in [0.1, 0.15) is 41.4 Å². The highest BCUT2D eigenvalue weighted by atomic mass is 16.2. The number of nitrogens with zero attached hydrogens (tertiary/aromatic N) is 3. The third-order valence-corrected chi connectivity index (χ3v) is 4.53. The molecular weight excluding hydrogens is 316 g/mol. The number of anilines is 1. The molecule has 0 radical (unpaired) electrons. The lowest BCUT2D eigenvalue weighted by atomic mass is 9.95. The number of Topliss-reactive ketones (excluding diaryl/α,β-unsaturated/α-hetero) is 1. The van der Waals surface area contributed by atoms with Crippen LogP contribution in [0.25, 0.3) is 0 Å². The van der Waals surface area contributed by atoms with Gasteiger partial charge in [-0.3, -0.25) is 14.3 Å². The maximum atomic E-state index is 12.7. The van der Waals surface area contributed by atoms with E-state index in [9.17, 15) is 14.9 Å². The van der Waals surface area contributed by atoms with E-state index in [2.05, 4.69) is 10.4 Å². The zero-order chi connectivity index (χ0) is 17.8. The smallest absolute Gasteiger partial charge is 0.249 e. The fourth-order valence-electron chi connectivity index (χ4n) is 3.06. The zero-order valence-electron chi connectivity index (χ0n) is 14.2. The van der Waals surface area contributed by atoms with E-state index in [1.807, 2.05) is 25.1 Å². The summed E-state index contributed by atoms with van der Waals surface area (Å²) in [5.74, 6) is -2.46. The molecule has 3 rings (SSSR count). The van der Waals surface area contributed by atoms with Gasteiger partial charge in [-0.25, -0.2) is 0 Å². The molecule has 0 spiro atoms. The number of fused-ring (bicyclic) bond motifs is 1. The molecule has 1 atom stereocenters. The molecule has 0 bridgehead atoms. The Morgan fingerprint density at radius 3 is 2.76 bits per heavy atom. The zero-order valence-corrected chi connectivity index (χ0v) is 14.2. The molecule has 2 heterocycles. The van der Waals surface area contributed by atoms with E-state index >= 15 is 0 Å². The fourth-order valence-corrected chi connectivity index (χ4v) is 3.06. The van der Waals surface area contributed by atoms with Crippen molar-refractivity contribution in [3.05, 3.63) is 47.3 Å². The number of nitriles is 1. The van der Waals surface area contributed by atoms with Crippen LogP contribution in [0.4, 0.5) is 5.69 Å². The van der Waals surface area contributed by atoms with Gasteiger partial charge in [0.25, 0.3) is 0 Å². The van der Waals surface area contributed by atoms with Crippen LogP contribution in [0.2, 0.25) is 0 Å². The number of benzene rings is 1. The van der Waals surface area contributed by atoms with Crippen molar-refractivity contribution < 1.29 is 9.59 Å². The van der Waals surface area contributed by atoms with Crippen LogP contribution < -0.4 is 5.32 Å². The van der Waals surface area contributed by atoms with Crippen LogP contribution in [-0.4, -0.2) is 21.5 Å². The fraction of sp³-hybridized carbons (Fsp3) is 0.368. The van der Waals surface area contributed by atoms with E-state index in [0.717, 1.165) is 43.5 Å². The largest absolute Gasteiger partial charge is 0.325 e. The van der Waals surface area contributed by atoms with Gasteiger partial charge in [0, 0.05) is 17.9 Å². The van der Waals surface area contributed by atoms with E-state index in [0.29, 0.717) is 11.3 Å². The Morgan fingerprint density at radius 2 is 2.08 bits per heavy atom. The monoisotopic (exact) mass is 336 g/mol. The Morgan fingerprint density at radius 1 is 1.32 bits per heavy atom. The number of nitrogens with one attached hydrogen (secondary N) is 1. The van der Waals surface area contributed by atoms with Crippen LogP contribution in [0.15, 0.2) is 30.5 Å². The summed E-state index contributed by atoms with van der Waals surface area (Å²) in [6.07, 6.45) is 5.15. The van der Waals surface area contributed by atoms with E-state index in [1.165, 1.54) is 6.20 Å². The molecule has 2 aromatic rings. The van der Waals surface area contributed by atoms with Crippen LogP contribution in [0.3, 0.4) is 0 Å². The molecule has 25 heavy (non-hydrogen) atoms. The minimum Gasteiger partial charge on any atom is -0.325 e. The second-order valence-corrected chi connectivity index (χ2v) is 6.15. The number of ketones is 1. The normalized spacial score (nSPS) is 14.2. The molecule has 0 saturated heterocycles. The lowest BCUT2D eigenvalue weighted by molar-refractivity contribution is -0.117. The molecule has 1 aromatic carbocycles. The summed E-state index contributed by atoms with van der Waals surface area (Å²) in [5, 5.41) is 16.2. The van der Waals surface area contributed by atoms with Crippen LogP contribution >= 0.6 is 0 Å². The Hall–Kier alpha value is -2.94. The predicted molar refractivity (Wildman–Crippen MR) is 93.0 cm³/mol. The first-order chi connectivity index (χ1) is 12.1. The SMILES string of the molecule is CCc1ccc(NC(=O)C(C#N)C(=O)c2cnn3c2CCCC3)cc1. The molecule has 1 unspecified atom stereocenters. The number of aryl methyl sites for hydroxylation is 2. The summed E-state index contributed by atoms with van der Waals surface area (Å²) in [6.45, 7) is 2.82. The summed E-state index contributed by atoms with van der Waals surface area (Å²) in [7, 11) is 0. The predicted octanol–water partition coefficient (Wildman–Crippen LogP) is 2.74. The summed E-state index contributed by atoms with van der Waals surface area (Å²) < 4.78 is 1.80. The lowest BCUT2D eigenvalue weighted by Gasteiger charge is -2.15. The molecule has 1 aliphatic rings. The van der Waals surface area contributed by atoms with Gasteiger partial charge < -0.3 is 5.32 Å². The van der Waals surface area contributed by atoms with Gasteiger partial charge in [0.1, 0.15) is 0 Å². The highest BCUT2D eigenvalue weighted by Gasteiger charge is 2.31. The Labute approximate surface area is 146 Å². The number of hydrogen-bond donors (Lipinski definition) is 1. The maximum absolute atomic E-state index is 12.7. The molecule has 6 heteroatoms. The molecule has 0 aliphatic carbocycles. The summed E-state index contributed by atoms with van der Waals surface area (Å²) >= 11 is 0. The van der Waals surface area contributed by atoms with Crippen LogP contribution in [0, 0.1) is 17.2 Å². The minimum absolute atomic E-state index is 0.391.